The highest BCUT2D eigenvalue weighted by molar-refractivity contribution is 7.07. The third kappa shape index (κ3) is 4.88. The zero-order valence-corrected chi connectivity index (χ0v) is 11.4. The first-order valence-electron chi connectivity index (χ1n) is 6.18. The average molecular weight is 254 g/mol. The minimum absolute atomic E-state index is 0.0371. The molecule has 0 spiro atoms. The molecule has 17 heavy (non-hydrogen) atoms. The largest absolute Gasteiger partial charge is 0.353 e. The zero-order valence-electron chi connectivity index (χ0n) is 10.6. The Morgan fingerprint density at radius 2 is 2.35 bits per heavy atom. The van der Waals surface area contributed by atoms with Gasteiger partial charge in [0.2, 0.25) is 5.91 Å². The van der Waals surface area contributed by atoms with Gasteiger partial charge in [-0.1, -0.05) is 13.3 Å². The van der Waals surface area contributed by atoms with Gasteiger partial charge in [0.15, 0.2) is 0 Å². The molecule has 0 aliphatic carbocycles. The summed E-state index contributed by atoms with van der Waals surface area (Å²) >= 11 is 1.69. The topological polar surface area (TPSA) is 55.1 Å². The first-order valence-corrected chi connectivity index (χ1v) is 7.13. The molecule has 0 aliphatic rings. The van der Waals surface area contributed by atoms with Crippen molar-refractivity contribution in [3.05, 3.63) is 22.4 Å². The summed E-state index contributed by atoms with van der Waals surface area (Å²) in [6.45, 7) is 4.55. The van der Waals surface area contributed by atoms with E-state index in [0.29, 0.717) is 6.54 Å². The molecule has 0 saturated carbocycles. The highest BCUT2D eigenvalue weighted by Gasteiger charge is 2.17. The molecule has 0 bridgehead atoms. The Morgan fingerprint density at radius 1 is 1.59 bits per heavy atom. The van der Waals surface area contributed by atoms with Crippen LogP contribution in [0.15, 0.2) is 16.8 Å². The minimum atomic E-state index is -0.0371. The number of hydrogen-bond donors (Lipinski definition) is 2. The fourth-order valence-corrected chi connectivity index (χ4v) is 2.56. The van der Waals surface area contributed by atoms with E-state index in [-0.39, 0.29) is 17.9 Å². The van der Waals surface area contributed by atoms with Gasteiger partial charge in [-0.2, -0.15) is 11.3 Å². The molecular weight excluding hydrogens is 232 g/mol. The lowest BCUT2D eigenvalue weighted by atomic mass is 10.0. The molecular formula is C13H22N2OS. The summed E-state index contributed by atoms with van der Waals surface area (Å²) in [7, 11) is 0. The first kappa shape index (κ1) is 14.2. The van der Waals surface area contributed by atoms with E-state index >= 15 is 0 Å². The van der Waals surface area contributed by atoms with Gasteiger partial charge in [0.25, 0.3) is 0 Å². The molecule has 96 valence electrons. The molecule has 4 heteroatoms. The van der Waals surface area contributed by atoms with Gasteiger partial charge in [-0.15, -0.1) is 0 Å². The SMILES string of the molecule is CCCC(CN)C(=O)NC(C)Cc1ccsc1. The highest BCUT2D eigenvalue weighted by Crippen LogP contribution is 2.10. The van der Waals surface area contributed by atoms with Gasteiger partial charge in [-0.05, 0) is 42.2 Å². The molecule has 0 aliphatic heterocycles. The van der Waals surface area contributed by atoms with E-state index in [2.05, 4.69) is 29.1 Å². The van der Waals surface area contributed by atoms with Crippen LogP contribution in [0.3, 0.4) is 0 Å². The maximum Gasteiger partial charge on any atom is 0.224 e. The van der Waals surface area contributed by atoms with Crippen LogP contribution in [0.2, 0.25) is 0 Å². The second-order valence-electron chi connectivity index (χ2n) is 4.47. The molecule has 2 atom stereocenters. The van der Waals surface area contributed by atoms with Crippen molar-refractivity contribution in [1.82, 2.24) is 5.32 Å². The number of nitrogens with one attached hydrogen (secondary N) is 1. The molecule has 1 rings (SSSR count). The van der Waals surface area contributed by atoms with Crippen molar-refractivity contribution in [3.8, 4) is 0 Å². The van der Waals surface area contributed by atoms with E-state index < -0.39 is 0 Å². The van der Waals surface area contributed by atoms with Gasteiger partial charge in [-0.3, -0.25) is 4.79 Å². The van der Waals surface area contributed by atoms with Crippen LogP contribution in [-0.4, -0.2) is 18.5 Å². The average Bonchev–Trinajstić information content (AvgIpc) is 2.78. The van der Waals surface area contributed by atoms with Crippen molar-refractivity contribution in [2.45, 2.75) is 39.2 Å². The van der Waals surface area contributed by atoms with Crippen LogP contribution in [0.1, 0.15) is 32.3 Å². The molecule has 2 unspecified atom stereocenters. The maximum atomic E-state index is 11.9. The summed E-state index contributed by atoms with van der Waals surface area (Å²) in [6.07, 6.45) is 2.75. The molecule has 3 nitrogen and oxygen atoms in total. The van der Waals surface area contributed by atoms with Crippen molar-refractivity contribution in [1.29, 1.82) is 0 Å². The van der Waals surface area contributed by atoms with E-state index in [9.17, 15) is 4.79 Å². The fourth-order valence-electron chi connectivity index (χ4n) is 1.88. The van der Waals surface area contributed by atoms with E-state index in [0.717, 1.165) is 19.3 Å². The van der Waals surface area contributed by atoms with Crippen molar-refractivity contribution >= 4 is 17.2 Å². The Morgan fingerprint density at radius 3 is 2.88 bits per heavy atom. The van der Waals surface area contributed by atoms with Crippen LogP contribution >= 0.6 is 11.3 Å². The van der Waals surface area contributed by atoms with Crippen molar-refractivity contribution in [3.63, 3.8) is 0 Å². The number of carbonyl (C=O) groups is 1. The van der Waals surface area contributed by atoms with Gasteiger partial charge >= 0.3 is 0 Å². The fraction of sp³-hybridized carbons (Fsp3) is 0.615. The van der Waals surface area contributed by atoms with Crippen LogP contribution in [0.25, 0.3) is 0 Å². The molecule has 1 amide bonds. The van der Waals surface area contributed by atoms with Crippen LogP contribution in [0, 0.1) is 5.92 Å². The van der Waals surface area contributed by atoms with Crippen molar-refractivity contribution in [2.75, 3.05) is 6.54 Å². The number of hydrogen-bond acceptors (Lipinski definition) is 3. The van der Waals surface area contributed by atoms with E-state index in [1.165, 1.54) is 5.56 Å². The lowest BCUT2D eigenvalue weighted by Gasteiger charge is -2.18. The summed E-state index contributed by atoms with van der Waals surface area (Å²) < 4.78 is 0. The molecule has 1 aromatic rings. The van der Waals surface area contributed by atoms with E-state index in [1.54, 1.807) is 11.3 Å². The van der Waals surface area contributed by atoms with Gasteiger partial charge in [0.05, 0.1) is 5.92 Å². The monoisotopic (exact) mass is 254 g/mol. The quantitative estimate of drug-likeness (QED) is 0.783. The van der Waals surface area contributed by atoms with Crippen LogP contribution in [0.4, 0.5) is 0 Å². The van der Waals surface area contributed by atoms with Crippen LogP contribution in [0.5, 0.6) is 0 Å². The highest BCUT2D eigenvalue weighted by atomic mass is 32.1. The molecule has 0 radical (unpaired) electrons. The van der Waals surface area contributed by atoms with Gasteiger partial charge in [0, 0.05) is 12.6 Å². The maximum absolute atomic E-state index is 11.9. The summed E-state index contributed by atoms with van der Waals surface area (Å²) in [6, 6.07) is 2.27. The van der Waals surface area contributed by atoms with E-state index in [4.69, 9.17) is 5.73 Å². The lowest BCUT2D eigenvalue weighted by Crippen LogP contribution is -2.40. The number of thiophene rings is 1. The van der Waals surface area contributed by atoms with Gasteiger partial charge < -0.3 is 11.1 Å². The molecule has 1 heterocycles. The summed E-state index contributed by atoms with van der Waals surface area (Å²) in [5, 5.41) is 7.22. The number of amides is 1. The van der Waals surface area contributed by atoms with Crippen molar-refractivity contribution in [2.24, 2.45) is 11.7 Å². The summed E-state index contributed by atoms with van der Waals surface area (Å²) in [5.74, 6) is 0.0574. The number of carbonyl (C=O) groups excluding carboxylic acids is 1. The normalized spacial score (nSPS) is 14.3. The predicted octanol–water partition coefficient (Wildman–Crippen LogP) is 2.17. The van der Waals surface area contributed by atoms with Crippen molar-refractivity contribution < 1.29 is 4.79 Å². The second kappa shape index (κ2) is 7.45. The molecule has 0 saturated heterocycles. The summed E-state index contributed by atoms with van der Waals surface area (Å²) in [4.78, 5) is 11.9. The Hall–Kier alpha value is -0.870. The smallest absolute Gasteiger partial charge is 0.224 e. The Labute approximate surface area is 107 Å². The Bertz CT molecular complexity index is 324. The van der Waals surface area contributed by atoms with Gasteiger partial charge in [-0.25, -0.2) is 0 Å². The number of rotatable bonds is 7. The summed E-state index contributed by atoms with van der Waals surface area (Å²) in [5.41, 5.74) is 6.89. The molecule has 0 fully saturated rings. The first-order chi connectivity index (χ1) is 8.17. The molecule has 1 aromatic heterocycles. The van der Waals surface area contributed by atoms with Gasteiger partial charge in [0.1, 0.15) is 0 Å². The standard InChI is InChI=1S/C13H22N2OS/c1-3-4-12(8-14)13(16)15-10(2)7-11-5-6-17-9-11/h5-6,9-10,12H,3-4,7-8,14H2,1-2H3,(H,15,16). The lowest BCUT2D eigenvalue weighted by molar-refractivity contribution is -0.125. The Balaban J connectivity index is 2.39. The van der Waals surface area contributed by atoms with E-state index in [1.807, 2.05) is 6.92 Å². The van der Waals surface area contributed by atoms with Crippen LogP contribution < -0.4 is 11.1 Å². The Kier molecular flexibility index (Phi) is 6.22. The zero-order chi connectivity index (χ0) is 12.7. The third-order valence-corrected chi connectivity index (χ3v) is 3.54. The minimum Gasteiger partial charge on any atom is -0.353 e. The predicted molar refractivity (Wildman–Crippen MR) is 73.1 cm³/mol. The molecule has 3 N–H and O–H groups in total. The second-order valence-corrected chi connectivity index (χ2v) is 5.25. The van der Waals surface area contributed by atoms with Crippen LogP contribution in [-0.2, 0) is 11.2 Å². The molecule has 0 aromatic carbocycles. The third-order valence-electron chi connectivity index (χ3n) is 2.80. The number of nitrogens with two attached hydrogens (primary N) is 1.